The zero-order chi connectivity index (χ0) is 26.8. The summed E-state index contributed by atoms with van der Waals surface area (Å²) in [5.74, 6) is -0.515. The molecule has 1 unspecified atom stereocenters. The highest BCUT2D eigenvalue weighted by Crippen LogP contribution is 2.37. The fraction of sp³-hybridized carbons (Fsp3) is 0.552. The zero-order valence-electron chi connectivity index (χ0n) is 22.5. The average molecular weight is 520 g/mol. The van der Waals surface area contributed by atoms with Crippen molar-refractivity contribution in [1.29, 1.82) is 0 Å². The molecule has 2 aromatic rings. The summed E-state index contributed by atoms with van der Waals surface area (Å²) in [7, 11) is 0. The van der Waals surface area contributed by atoms with Crippen LogP contribution in [0.2, 0.25) is 0 Å². The van der Waals surface area contributed by atoms with E-state index >= 15 is 4.39 Å². The SMILES string of the molecule is CCOC(=O)C[C@H](N[S+]([O-])C(C)(C)C)c1cc(-c2c(C)cc(CC3CC(F)C3)cc2C)cc(C)c1F. The topological polar surface area (TPSA) is 61.4 Å². The smallest absolute Gasteiger partial charge is 0.307 e. The van der Waals surface area contributed by atoms with Gasteiger partial charge in [-0.2, -0.15) is 0 Å². The molecule has 1 aliphatic rings. The summed E-state index contributed by atoms with van der Waals surface area (Å²) in [6.07, 6.45) is 1.32. The minimum absolute atomic E-state index is 0.136. The van der Waals surface area contributed by atoms with E-state index in [2.05, 4.69) is 16.9 Å². The van der Waals surface area contributed by atoms with Crippen LogP contribution in [-0.4, -0.2) is 28.0 Å². The molecule has 0 heterocycles. The molecule has 1 saturated carbocycles. The Morgan fingerprint density at radius 1 is 1.14 bits per heavy atom. The number of ether oxygens (including phenoxy) is 1. The first-order valence-electron chi connectivity index (χ1n) is 12.7. The van der Waals surface area contributed by atoms with E-state index in [1.54, 1.807) is 19.9 Å². The predicted molar refractivity (Wildman–Crippen MR) is 142 cm³/mol. The second kappa shape index (κ2) is 11.6. The highest BCUT2D eigenvalue weighted by molar-refractivity contribution is 7.90. The van der Waals surface area contributed by atoms with Crippen LogP contribution in [0, 0.1) is 32.5 Å². The van der Waals surface area contributed by atoms with Crippen molar-refractivity contribution >= 4 is 17.3 Å². The number of carbonyl (C=O) groups is 1. The van der Waals surface area contributed by atoms with E-state index in [1.807, 2.05) is 40.7 Å². The van der Waals surface area contributed by atoms with E-state index in [-0.39, 0.29) is 13.0 Å². The number of hydrogen-bond acceptors (Lipinski definition) is 4. The molecule has 2 atom stereocenters. The Bertz CT molecular complexity index is 1070. The van der Waals surface area contributed by atoms with Gasteiger partial charge >= 0.3 is 5.97 Å². The van der Waals surface area contributed by atoms with E-state index in [4.69, 9.17) is 4.74 Å². The molecule has 0 aromatic heterocycles. The summed E-state index contributed by atoms with van der Waals surface area (Å²) in [6, 6.07) is 7.03. The van der Waals surface area contributed by atoms with Crippen molar-refractivity contribution in [2.75, 3.05) is 6.61 Å². The van der Waals surface area contributed by atoms with Crippen molar-refractivity contribution in [2.24, 2.45) is 5.92 Å². The lowest BCUT2D eigenvalue weighted by molar-refractivity contribution is -0.143. The van der Waals surface area contributed by atoms with Crippen LogP contribution in [0.5, 0.6) is 0 Å². The second-order valence-electron chi connectivity index (χ2n) is 11.0. The molecule has 198 valence electrons. The van der Waals surface area contributed by atoms with Gasteiger partial charge in [-0.25, -0.2) is 8.78 Å². The lowest BCUT2D eigenvalue weighted by atomic mass is 9.78. The molecule has 0 spiro atoms. The van der Waals surface area contributed by atoms with Gasteiger partial charge in [-0.05, 0) is 119 Å². The van der Waals surface area contributed by atoms with Gasteiger partial charge in [0, 0.05) is 16.9 Å². The van der Waals surface area contributed by atoms with Gasteiger partial charge in [0.05, 0.1) is 19.1 Å². The van der Waals surface area contributed by atoms with Crippen molar-refractivity contribution in [3.63, 3.8) is 0 Å². The van der Waals surface area contributed by atoms with Crippen molar-refractivity contribution in [3.8, 4) is 11.1 Å². The van der Waals surface area contributed by atoms with E-state index in [0.717, 1.165) is 28.7 Å². The summed E-state index contributed by atoms with van der Waals surface area (Å²) >= 11 is -1.52. The summed E-state index contributed by atoms with van der Waals surface area (Å²) in [4.78, 5) is 12.4. The summed E-state index contributed by atoms with van der Waals surface area (Å²) in [5.41, 5.74) is 5.90. The number of carbonyl (C=O) groups excluding carboxylic acids is 1. The van der Waals surface area contributed by atoms with Crippen molar-refractivity contribution in [3.05, 3.63) is 57.9 Å². The van der Waals surface area contributed by atoms with Gasteiger partial charge in [0.2, 0.25) is 0 Å². The minimum Gasteiger partial charge on any atom is -0.598 e. The third kappa shape index (κ3) is 6.87. The number of benzene rings is 2. The third-order valence-corrected chi connectivity index (χ3v) is 8.33. The van der Waals surface area contributed by atoms with Crippen molar-refractivity contribution in [1.82, 2.24) is 4.72 Å². The Kier molecular flexibility index (Phi) is 9.23. The van der Waals surface area contributed by atoms with Crippen LogP contribution in [0.25, 0.3) is 11.1 Å². The molecule has 4 nitrogen and oxygen atoms in total. The Hall–Kier alpha value is -1.96. The largest absolute Gasteiger partial charge is 0.598 e. The van der Waals surface area contributed by atoms with Crippen LogP contribution in [0.15, 0.2) is 24.3 Å². The molecule has 0 bridgehead atoms. The van der Waals surface area contributed by atoms with Crippen molar-refractivity contribution < 1.29 is 22.9 Å². The van der Waals surface area contributed by atoms with Crippen LogP contribution >= 0.6 is 0 Å². The molecule has 0 aliphatic heterocycles. The highest BCUT2D eigenvalue weighted by Gasteiger charge is 2.33. The number of alkyl halides is 1. The van der Waals surface area contributed by atoms with E-state index < -0.39 is 40.1 Å². The number of rotatable bonds is 9. The first-order chi connectivity index (χ1) is 16.8. The van der Waals surface area contributed by atoms with Crippen LogP contribution in [0.1, 0.15) is 80.8 Å². The molecule has 0 amide bonds. The van der Waals surface area contributed by atoms with Gasteiger partial charge in [0.25, 0.3) is 0 Å². The standard InChI is InChI=1S/C29H39F2NO3S/c1-8-35-26(33)16-25(32-36(34)29(5,6)7)24-15-22(11-19(4)28(24)31)27-17(2)9-20(10-18(27)3)12-21-13-23(30)14-21/h9-11,15,21,23,25,32H,8,12-14,16H2,1-7H3/t21?,23?,25-,36?/m0/s1. The fourth-order valence-electron chi connectivity index (χ4n) is 4.88. The van der Waals surface area contributed by atoms with E-state index in [0.29, 0.717) is 29.9 Å². The van der Waals surface area contributed by atoms with Crippen LogP contribution in [-0.2, 0) is 27.3 Å². The minimum atomic E-state index is -1.52. The molecule has 36 heavy (non-hydrogen) atoms. The van der Waals surface area contributed by atoms with Crippen LogP contribution in [0.4, 0.5) is 8.78 Å². The molecule has 1 aliphatic carbocycles. The van der Waals surface area contributed by atoms with Gasteiger partial charge in [-0.1, -0.05) is 12.1 Å². The highest BCUT2D eigenvalue weighted by atomic mass is 32.2. The summed E-state index contributed by atoms with van der Waals surface area (Å²) in [5, 5.41) is 0. The molecule has 1 N–H and O–H groups in total. The van der Waals surface area contributed by atoms with Gasteiger partial charge in [0.15, 0.2) is 0 Å². The first-order valence-corrected chi connectivity index (χ1v) is 13.8. The maximum Gasteiger partial charge on any atom is 0.307 e. The number of halogens is 2. The van der Waals surface area contributed by atoms with E-state index in [9.17, 15) is 13.7 Å². The predicted octanol–water partition coefficient (Wildman–Crippen LogP) is 6.75. The summed E-state index contributed by atoms with van der Waals surface area (Å²) < 4.78 is 49.2. The maximum atomic E-state index is 15.5. The van der Waals surface area contributed by atoms with Crippen LogP contribution in [0.3, 0.4) is 0 Å². The van der Waals surface area contributed by atoms with Gasteiger partial charge in [-0.15, -0.1) is 4.72 Å². The molecular formula is C29H39F2NO3S. The first kappa shape index (κ1) is 28.6. The normalized spacial score (nSPS) is 19.5. The molecule has 3 rings (SSSR count). The summed E-state index contributed by atoms with van der Waals surface area (Å²) in [6.45, 7) is 13.2. The van der Waals surface area contributed by atoms with Crippen LogP contribution < -0.4 is 4.72 Å². The molecule has 0 radical (unpaired) electrons. The Labute approximate surface area is 217 Å². The quantitative estimate of drug-likeness (QED) is 0.294. The second-order valence-corrected chi connectivity index (χ2v) is 13.0. The molecule has 2 aromatic carbocycles. The van der Waals surface area contributed by atoms with Gasteiger partial charge in [0.1, 0.15) is 16.7 Å². The molecule has 0 saturated heterocycles. The third-order valence-electron chi connectivity index (χ3n) is 6.72. The monoisotopic (exact) mass is 519 g/mol. The lowest BCUT2D eigenvalue weighted by Gasteiger charge is -2.30. The maximum absolute atomic E-state index is 15.5. The Morgan fingerprint density at radius 2 is 1.75 bits per heavy atom. The number of hydrogen-bond donors (Lipinski definition) is 1. The van der Waals surface area contributed by atoms with Crippen molar-refractivity contribution in [2.45, 2.75) is 91.1 Å². The lowest BCUT2D eigenvalue weighted by Crippen LogP contribution is -2.42. The van der Waals surface area contributed by atoms with Gasteiger partial charge in [-0.3, -0.25) is 4.79 Å². The number of aryl methyl sites for hydroxylation is 3. The molecule has 1 fully saturated rings. The number of esters is 1. The van der Waals surface area contributed by atoms with E-state index in [1.165, 1.54) is 5.56 Å². The zero-order valence-corrected chi connectivity index (χ0v) is 23.3. The Balaban J connectivity index is 2.00. The molecular weight excluding hydrogens is 480 g/mol. The van der Waals surface area contributed by atoms with Gasteiger partial charge < -0.3 is 9.29 Å². The Morgan fingerprint density at radius 3 is 2.28 bits per heavy atom. The number of nitrogens with one attached hydrogen (secondary N) is 1. The average Bonchev–Trinajstić information content (AvgIpc) is 2.73. The molecule has 7 heteroatoms. The fourth-order valence-corrected chi connectivity index (χ4v) is 5.71.